The summed E-state index contributed by atoms with van der Waals surface area (Å²) in [6, 6.07) is 8.30. The molecule has 0 fully saturated rings. The Morgan fingerprint density at radius 2 is 1.16 bits per heavy atom. The van der Waals surface area contributed by atoms with Gasteiger partial charge in [-0.05, 0) is 31.2 Å². The van der Waals surface area contributed by atoms with Gasteiger partial charge < -0.3 is 28.4 Å². The van der Waals surface area contributed by atoms with Crippen molar-refractivity contribution >= 4 is 6.34 Å². The molecule has 0 aliphatic carbocycles. The standard InChI is InChI=1S/C24H33N2O6/c1-16-12-25(13-17-8-19(27-2)23(31-6)20(9-17)28-3)15-26(16)14-18-10-21(29-4)24(32-7)22(11-18)30-5/h8-11,15-16H,12-14H2,1-7H3/q+1. The van der Waals surface area contributed by atoms with Crippen LogP contribution < -0.4 is 28.4 Å². The van der Waals surface area contributed by atoms with Crippen LogP contribution in [-0.4, -0.2) is 71.1 Å². The van der Waals surface area contributed by atoms with Gasteiger partial charge in [0.1, 0.15) is 25.7 Å². The van der Waals surface area contributed by atoms with Gasteiger partial charge in [-0.2, -0.15) is 0 Å². The molecule has 174 valence electrons. The van der Waals surface area contributed by atoms with Gasteiger partial charge in [-0.15, -0.1) is 0 Å². The summed E-state index contributed by atoms with van der Waals surface area (Å²) in [6.07, 6.45) is 2.16. The maximum Gasteiger partial charge on any atom is 0.235 e. The molecular weight excluding hydrogens is 412 g/mol. The molecule has 1 heterocycles. The zero-order chi connectivity index (χ0) is 23.3. The molecule has 0 radical (unpaired) electrons. The smallest absolute Gasteiger partial charge is 0.235 e. The minimum atomic E-state index is 0.344. The second-order valence-corrected chi connectivity index (χ2v) is 7.63. The molecule has 0 bridgehead atoms. The van der Waals surface area contributed by atoms with Crippen LogP contribution in [0.4, 0.5) is 0 Å². The van der Waals surface area contributed by atoms with Crippen LogP contribution in [0.15, 0.2) is 24.3 Å². The molecule has 1 aliphatic rings. The Bertz CT molecular complexity index is 925. The molecule has 1 unspecified atom stereocenters. The van der Waals surface area contributed by atoms with Crippen LogP contribution >= 0.6 is 0 Å². The fraction of sp³-hybridized carbons (Fsp3) is 0.458. The van der Waals surface area contributed by atoms with Crippen molar-refractivity contribution in [2.75, 3.05) is 49.2 Å². The predicted octanol–water partition coefficient (Wildman–Crippen LogP) is 3.18. The monoisotopic (exact) mass is 445 g/mol. The molecule has 0 saturated heterocycles. The fourth-order valence-corrected chi connectivity index (χ4v) is 4.02. The zero-order valence-electron chi connectivity index (χ0n) is 19.9. The summed E-state index contributed by atoms with van der Waals surface area (Å²) < 4.78 is 35.1. The molecule has 0 spiro atoms. The van der Waals surface area contributed by atoms with Gasteiger partial charge in [0.2, 0.25) is 17.8 Å². The Hall–Kier alpha value is -3.29. The minimum absolute atomic E-state index is 0.344. The van der Waals surface area contributed by atoms with Gasteiger partial charge in [-0.25, -0.2) is 0 Å². The molecule has 1 aliphatic heterocycles. The molecule has 2 aromatic carbocycles. The van der Waals surface area contributed by atoms with Crippen LogP contribution in [0.3, 0.4) is 0 Å². The van der Waals surface area contributed by atoms with Crippen LogP contribution in [0.1, 0.15) is 18.1 Å². The van der Waals surface area contributed by atoms with E-state index < -0.39 is 0 Å². The Kier molecular flexibility index (Phi) is 7.56. The Labute approximate surface area is 189 Å². The summed E-state index contributed by atoms with van der Waals surface area (Å²) >= 11 is 0. The molecule has 8 nitrogen and oxygen atoms in total. The lowest BCUT2D eigenvalue weighted by atomic mass is 10.1. The number of methoxy groups -OCH3 is 6. The molecule has 2 aromatic rings. The second kappa shape index (κ2) is 10.3. The lowest BCUT2D eigenvalue weighted by Gasteiger charge is -2.17. The highest BCUT2D eigenvalue weighted by atomic mass is 16.5. The van der Waals surface area contributed by atoms with E-state index in [1.54, 1.807) is 42.7 Å². The third kappa shape index (κ3) is 4.79. The first-order valence-corrected chi connectivity index (χ1v) is 10.4. The third-order valence-corrected chi connectivity index (χ3v) is 5.58. The van der Waals surface area contributed by atoms with Crippen molar-refractivity contribution in [1.82, 2.24) is 4.90 Å². The highest BCUT2D eigenvalue weighted by Crippen LogP contribution is 2.39. The molecule has 0 N–H and O–H groups in total. The van der Waals surface area contributed by atoms with Crippen molar-refractivity contribution in [3.63, 3.8) is 0 Å². The fourth-order valence-electron chi connectivity index (χ4n) is 4.02. The Morgan fingerprint density at radius 3 is 1.56 bits per heavy atom. The van der Waals surface area contributed by atoms with Gasteiger partial charge >= 0.3 is 0 Å². The van der Waals surface area contributed by atoms with E-state index in [9.17, 15) is 0 Å². The molecule has 1 atom stereocenters. The van der Waals surface area contributed by atoms with E-state index in [4.69, 9.17) is 28.4 Å². The van der Waals surface area contributed by atoms with Crippen molar-refractivity contribution in [2.45, 2.75) is 26.1 Å². The lowest BCUT2D eigenvalue weighted by molar-refractivity contribution is -0.533. The maximum atomic E-state index is 5.50. The molecule has 0 amide bonds. The normalized spacial score (nSPS) is 15.3. The Balaban J connectivity index is 1.82. The largest absolute Gasteiger partial charge is 0.493 e. The number of rotatable bonds is 10. The van der Waals surface area contributed by atoms with Crippen molar-refractivity contribution in [3.05, 3.63) is 35.4 Å². The average Bonchev–Trinajstić information content (AvgIpc) is 3.15. The van der Waals surface area contributed by atoms with E-state index in [0.29, 0.717) is 40.5 Å². The van der Waals surface area contributed by atoms with Crippen LogP contribution in [0.5, 0.6) is 34.5 Å². The summed E-state index contributed by atoms with van der Waals surface area (Å²) in [4.78, 5) is 2.30. The quantitative estimate of drug-likeness (QED) is 0.521. The maximum absolute atomic E-state index is 5.50. The highest BCUT2D eigenvalue weighted by molar-refractivity contribution is 5.56. The highest BCUT2D eigenvalue weighted by Gasteiger charge is 2.29. The molecule has 0 saturated carbocycles. The van der Waals surface area contributed by atoms with Crippen molar-refractivity contribution < 1.29 is 33.0 Å². The van der Waals surface area contributed by atoms with E-state index in [-0.39, 0.29) is 0 Å². The first kappa shape index (κ1) is 23.4. The van der Waals surface area contributed by atoms with Crippen LogP contribution in [-0.2, 0) is 13.1 Å². The van der Waals surface area contributed by atoms with E-state index in [1.165, 1.54) is 0 Å². The lowest BCUT2D eigenvalue weighted by Crippen LogP contribution is -2.28. The number of benzene rings is 2. The number of ether oxygens (including phenoxy) is 6. The summed E-state index contributed by atoms with van der Waals surface area (Å²) in [5, 5.41) is 0. The van der Waals surface area contributed by atoms with Gasteiger partial charge in [0.15, 0.2) is 23.0 Å². The van der Waals surface area contributed by atoms with Gasteiger partial charge in [0.05, 0.1) is 42.7 Å². The SMILES string of the molecule is COc1cc(CN2C=[N+](Cc3cc(OC)c(OC)c(OC)c3)CC2C)cc(OC)c1OC. The molecule has 8 heteroatoms. The zero-order valence-corrected chi connectivity index (χ0v) is 19.9. The first-order valence-electron chi connectivity index (χ1n) is 10.4. The van der Waals surface area contributed by atoms with Gasteiger partial charge in [-0.3, -0.25) is 9.48 Å². The van der Waals surface area contributed by atoms with E-state index in [2.05, 4.69) is 22.7 Å². The van der Waals surface area contributed by atoms with Gasteiger partial charge in [-0.1, -0.05) is 0 Å². The third-order valence-electron chi connectivity index (χ3n) is 5.58. The van der Waals surface area contributed by atoms with Crippen molar-refractivity contribution in [3.8, 4) is 34.5 Å². The summed E-state index contributed by atoms with van der Waals surface area (Å²) in [5.41, 5.74) is 2.16. The number of hydrogen-bond donors (Lipinski definition) is 0. The summed E-state index contributed by atoms with van der Waals surface area (Å²) in [6.45, 7) is 4.57. The first-order chi connectivity index (χ1) is 15.5. The predicted molar refractivity (Wildman–Crippen MR) is 122 cm³/mol. The van der Waals surface area contributed by atoms with Crippen molar-refractivity contribution in [2.24, 2.45) is 0 Å². The van der Waals surface area contributed by atoms with Gasteiger partial charge in [0.25, 0.3) is 0 Å². The van der Waals surface area contributed by atoms with E-state index in [1.807, 2.05) is 24.3 Å². The van der Waals surface area contributed by atoms with Gasteiger partial charge in [0, 0.05) is 11.1 Å². The topological polar surface area (TPSA) is 61.6 Å². The molecule has 3 rings (SSSR count). The number of hydrogen-bond acceptors (Lipinski definition) is 7. The van der Waals surface area contributed by atoms with Crippen LogP contribution in [0.2, 0.25) is 0 Å². The van der Waals surface area contributed by atoms with E-state index in [0.717, 1.165) is 30.8 Å². The molecule has 0 aromatic heterocycles. The number of nitrogens with zero attached hydrogens (tertiary/aromatic N) is 2. The van der Waals surface area contributed by atoms with E-state index >= 15 is 0 Å². The van der Waals surface area contributed by atoms with Crippen molar-refractivity contribution in [1.29, 1.82) is 0 Å². The molecule has 32 heavy (non-hydrogen) atoms. The average molecular weight is 446 g/mol. The molecular formula is C24H33N2O6+. The summed E-state index contributed by atoms with van der Waals surface area (Å²) in [7, 11) is 9.73. The Morgan fingerprint density at radius 1 is 0.719 bits per heavy atom. The van der Waals surface area contributed by atoms with Crippen LogP contribution in [0, 0.1) is 0 Å². The minimum Gasteiger partial charge on any atom is -0.493 e. The van der Waals surface area contributed by atoms with Crippen LogP contribution in [0.25, 0.3) is 0 Å². The second-order valence-electron chi connectivity index (χ2n) is 7.63. The summed E-state index contributed by atoms with van der Waals surface area (Å²) in [5.74, 6) is 3.82.